The molecular weight excluding hydrogens is 386 g/mol. The van der Waals surface area contributed by atoms with Gasteiger partial charge in [0.25, 0.3) is 0 Å². The minimum atomic E-state index is -0.0843. The number of rotatable bonds is 6. The van der Waals surface area contributed by atoms with Crippen LogP contribution in [0.1, 0.15) is 44.9 Å². The first-order valence-electron chi connectivity index (χ1n) is 10.4. The summed E-state index contributed by atoms with van der Waals surface area (Å²) in [6, 6.07) is 16.7. The van der Waals surface area contributed by atoms with Gasteiger partial charge in [-0.1, -0.05) is 81.5 Å². The highest BCUT2D eigenvalue weighted by atomic mass is 15.5. The fourth-order valence-electron chi connectivity index (χ4n) is 3.37. The van der Waals surface area contributed by atoms with Crippen LogP contribution >= 0.6 is 0 Å². The van der Waals surface area contributed by atoms with Gasteiger partial charge in [-0.2, -0.15) is 5.10 Å². The summed E-state index contributed by atoms with van der Waals surface area (Å²) in [5.41, 5.74) is 4.28. The molecule has 0 aliphatic carbocycles. The van der Waals surface area contributed by atoms with Crippen molar-refractivity contribution in [3.63, 3.8) is 0 Å². The molecule has 0 amide bonds. The monoisotopic (exact) mass is 413 g/mol. The molecule has 1 N–H and O–H groups in total. The predicted octanol–water partition coefficient (Wildman–Crippen LogP) is 4.59. The zero-order valence-corrected chi connectivity index (χ0v) is 18.4. The maximum Gasteiger partial charge on any atom is 0.180 e. The van der Waals surface area contributed by atoms with Crippen molar-refractivity contribution in [2.45, 2.75) is 46.1 Å². The molecule has 0 spiro atoms. The Balaban J connectivity index is 1.61. The van der Waals surface area contributed by atoms with E-state index in [4.69, 9.17) is 10.1 Å². The topological polar surface area (TPSA) is 85.2 Å². The van der Waals surface area contributed by atoms with Crippen LogP contribution in [0.3, 0.4) is 0 Å². The van der Waals surface area contributed by atoms with E-state index >= 15 is 0 Å². The Bertz CT molecular complexity index is 1160. The highest BCUT2D eigenvalue weighted by Gasteiger charge is 2.21. The summed E-state index contributed by atoms with van der Waals surface area (Å²) in [6.45, 7) is 9.17. The molecular formula is C24H27N7. The summed E-state index contributed by atoms with van der Waals surface area (Å²) in [6.07, 6.45) is 4.87. The second-order valence-corrected chi connectivity index (χ2v) is 8.52. The minimum absolute atomic E-state index is 0.0843. The number of hydrogen-bond donors (Lipinski definition) is 1. The molecule has 2 heterocycles. The number of nitrogens with zero attached hydrogens (tertiary/aromatic N) is 6. The number of hydrogen-bond acceptors (Lipinski definition) is 5. The molecule has 4 rings (SSSR count). The summed E-state index contributed by atoms with van der Waals surface area (Å²) in [5.74, 6) is 2.51. The molecule has 0 aliphatic rings. The first-order chi connectivity index (χ1) is 15.0. The van der Waals surface area contributed by atoms with Crippen molar-refractivity contribution in [3.8, 4) is 22.5 Å². The van der Waals surface area contributed by atoms with Crippen LogP contribution in [0, 0.1) is 0 Å². The van der Waals surface area contributed by atoms with Crippen LogP contribution in [0.5, 0.6) is 0 Å². The van der Waals surface area contributed by atoms with Gasteiger partial charge in [0.05, 0.1) is 6.54 Å². The highest BCUT2D eigenvalue weighted by molar-refractivity contribution is 5.80. The van der Waals surface area contributed by atoms with Crippen molar-refractivity contribution >= 4 is 0 Å². The molecule has 2 aromatic carbocycles. The van der Waals surface area contributed by atoms with Crippen LogP contribution in [-0.2, 0) is 18.4 Å². The van der Waals surface area contributed by atoms with Gasteiger partial charge < -0.3 is 0 Å². The van der Waals surface area contributed by atoms with Gasteiger partial charge >= 0.3 is 0 Å². The fraction of sp³-hybridized carbons (Fsp3) is 0.292. The number of allylic oxidation sites excluding steroid dienone is 2. The fourth-order valence-corrected chi connectivity index (χ4v) is 3.37. The van der Waals surface area contributed by atoms with Gasteiger partial charge in [0.1, 0.15) is 5.82 Å². The second-order valence-electron chi connectivity index (χ2n) is 8.52. The maximum absolute atomic E-state index is 4.85. The molecule has 0 saturated heterocycles. The van der Waals surface area contributed by atoms with Crippen LogP contribution < -0.4 is 0 Å². The number of benzene rings is 2. The molecule has 7 heteroatoms. The Morgan fingerprint density at radius 1 is 1.00 bits per heavy atom. The summed E-state index contributed by atoms with van der Waals surface area (Å²) in [7, 11) is 0. The number of H-pyrrole nitrogens is 1. The molecule has 7 nitrogen and oxygen atoms in total. The van der Waals surface area contributed by atoms with Crippen molar-refractivity contribution < 1.29 is 0 Å². The van der Waals surface area contributed by atoms with Crippen molar-refractivity contribution in [1.82, 2.24) is 35.4 Å². The Morgan fingerprint density at radius 3 is 2.39 bits per heavy atom. The maximum atomic E-state index is 4.85. The van der Waals surface area contributed by atoms with E-state index in [1.165, 1.54) is 5.56 Å². The van der Waals surface area contributed by atoms with E-state index in [0.717, 1.165) is 41.3 Å². The van der Waals surface area contributed by atoms with Crippen LogP contribution in [0.4, 0.5) is 0 Å². The first-order valence-corrected chi connectivity index (χ1v) is 10.4. The largest absolute Gasteiger partial charge is 0.246 e. The molecule has 158 valence electrons. The SMILES string of the molecule is CC=CCn1nc(C(C)(C)C)nc1Cc1ccc(-c2ccccc2-c2nnn[nH]2)cc1. The summed E-state index contributed by atoms with van der Waals surface area (Å²) in [5, 5.41) is 19.1. The van der Waals surface area contributed by atoms with Crippen molar-refractivity contribution in [1.29, 1.82) is 0 Å². The van der Waals surface area contributed by atoms with E-state index in [1.54, 1.807) is 0 Å². The van der Waals surface area contributed by atoms with Gasteiger partial charge in [0.2, 0.25) is 0 Å². The lowest BCUT2D eigenvalue weighted by Crippen LogP contribution is -2.14. The molecule has 31 heavy (non-hydrogen) atoms. The predicted molar refractivity (Wildman–Crippen MR) is 121 cm³/mol. The number of aromatic nitrogens is 7. The highest BCUT2D eigenvalue weighted by Crippen LogP contribution is 2.30. The lowest BCUT2D eigenvalue weighted by atomic mass is 9.96. The Kier molecular flexibility index (Phi) is 5.75. The Labute approximate surface area is 182 Å². The summed E-state index contributed by atoms with van der Waals surface area (Å²) in [4.78, 5) is 4.85. The summed E-state index contributed by atoms with van der Waals surface area (Å²) >= 11 is 0. The molecule has 0 atom stereocenters. The lowest BCUT2D eigenvalue weighted by Gasteiger charge is -2.12. The second kappa shape index (κ2) is 8.63. The molecule has 4 aromatic rings. The third-order valence-electron chi connectivity index (χ3n) is 5.09. The minimum Gasteiger partial charge on any atom is -0.246 e. The smallest absolute Gasteiger partial charge is 0.180 e. The molecule has 0 bridgehead atoms. The van der Waals surface area contributed by atoms with Crippen LogP contribution in [0.25, 0.3) is 22.5 Å². The van der Waals surface area contributed by atoms with Crippen molar-refractivity contribution in [2.75, 3.05) is 0 Å². The molecule has 0 radical (unpaired) electrons. The average Bonchev–Trinajstić information content (AvgIpc) is 3.43. The lowest BCUT2D eigenvalue weighted by molar-refractivity contribution is 0.534. The van der Waals surface area contributed by atoms with Crippen molar-refractivity contribution in [3.05, 3.63) is 77.9 Å². The van der Waals surface area contributed by atoms with E-state index in [-0.39, 0.29) is 5.41 Å². The molecule has 0 unspecified atom stereocenters. The number of aromatic amines is 1. The quantitative estimate of drug-likeness (QED) is 0.467. The zero-order valence-electron chi connectivity index (χ0n) is 18.4. The van der Waals surface area contributed by atoms with E-state index in [0.29, 0.717) is 5.82 Å². The van der Waals surface area contributed by atoms with Gasteiger partial charge in [-0.25, -0.2) is 14.8 Å². The summed E-state index contributed by atoms with van der Waals surface area (Å²) < 4.78 is 2.00. The van der Waals surface area contributed by atoms with Crippen LogP contribution in [0.15, 0.2) is 60.7 Å². The molecule has 2 aromatic heterocycles. The average molecular weight is 414 g/mol. The van der Waals surface area contributed by atoms with Gasteiger partial charge in [0.15, 0.2) is 11.6 Å². The molecule has 0 aliphatic heterocycles. The van der Waals surface area contributed by atoms with E-state index in [9.17, 15) is 0 Å². The Hall–Kier alpha value is -3.61. The number of nitrogens with one attached hydrogen (secondary N) is 1. The first kappa shape index (κ1) is 20.7. The van der Waals surface area contributed by atoms with Gasteiger partial charge in [-0.3, -0.25) is 0 Å². The van der Waals surface area contributed by atoms with Gasteiger partial charge in [-0.15, -0.1) is 5.10 Å². The van der Waals surface area contributed by atoms with Gasteiger partial charge in [0, 0.05) is 17.4 Å². The molecule has 0 fully saturated rings. The van der Waals surface area contributed by atoms with Crippen molar-refractivity contribution in [2.24, 2.45) is 0 Å². The van der Waals surface area contributed by atoms with Gasteiger partial charge in [-0.05, 0) is 34.0 Å². The van der Waals surface area contributed by atoms with E-state index < -0.39 is 0 Å². The molecule has 0 saturated carbocycles. The Morgan fingerprint density at radius 2 is 1.74 bits per heavy atom. The standard InChI is InChI=1S/C24H27N7/c1-5-6-15-31-21(25-23(28-31)24(2,3)4)16-17-11-13-18(14-12-17)19-9-7-8-10-20(19)22-26-29-30-27-22/h5-14H,15-16H2,1-4H3,(H,26,27,29,30). The van der Waals surface area contributed by atoms with E-state index in [1.807, 2.05) is 35.9 Å². The number of tetrazole rings is 1. The third-order valence-corrected chi connectivity index (χ3v) is 5.09. The zero-order chi connectivity index (χ0) is 21.8. The van der Waals surface area contributed by atoms with Crippen LogP contribution in [0.2, 0.25) is 0 Å². The third kappa shape index (κ3) is 4.60. The normalized spacial score (nSPS) is 12.0. The van der Waals surface area contributed by atoms with E-state index in [2.05, 4.69) is 77.8 Å². The van der Waals surface area contributed by atoms with Crippen LogP contribution in [-0.4, -0.2) is 35.4 Å².